The van der Waals surface area contributed by atoms with Crippen LogP contribution in [0.15, 0.2) is 0 Å². The van der Waals surface area contributed by atoms with Crippen molar-refractivity contribution in [3.63, 3.8) is 0 Å². The topological polar surface area (TPSA) is 40.5 Å². The van der Waals surface area contributed by atoms with Gasteiger partial charge >= 0.3 is 0 Å². The van der Waals surface area contributed by atoms with Gasteiger partial charge in [0, 0.05) is 0 Å². The zero-order chi connectivity index (χ0) is 7.28. The summed E-state index contributed by atoms with van der Waals surface area (Å²) in [6.45, 7) is 1.59. The molecular formula is C6H14O2S. The van der Waals surface area contributed by atoms with Crippen LogP contribution < -0.4 is 0 Å². The lowest BCUT2D eigenvalue weighted by Gasteiger charge is -2.11. The van der Waals surface area contributed by atoms with Crippen LogP contribution in [0.2, 0.25) is 0 Å². The van der Waals surface area contributed by atoms with Gasteiger partial charge in [0.1, 0.15) is 0 Å². The second-order valence-corrected chi connectivity index (χ2v) is 2.62. The lowest BCUT2D eigenvalue weighted by molar-refractivity contribution is 0.0261. The van der Waals surface area contributed by atoms with Crippen molar-refractivity contribution in [3.05, 3.63) is 0 Å². The van der Waals surface area contributed by atoms with E-state index in [-0.39, 0.29) is 0 Å². The van der Waals surface area contributed by atoms with Gasteiger partial charge < -0.3 is 10.2 Å². The molecule has 56 valence electrons. The molecule has 2 N–H and O–H groups in total. The predicted molar refractivity (Wildman–Crippen MR) is 40.8 cm³/mol. The summed E-state index contributed by atoms with van der Waals surface area (Å²) in [4.78, 5) is 0. The van der Waals surface area contributed by atoms with Crippen molar-refractivity contribution in [1.29, 1.82) is 0 Å². The van der Waals surface area contributed by atoms with E-state index in [1.54, 1.807) is 6.92 Å². The molecule has 0 heterocycles. The Bertz CT molecular complexity index is 66.1. The summed E-state index contributed by atoms with van der Waals surface area (Å²) in [5.74, 6) is 0.768. The van der Waals surface area contributed by atoms with Crippen molar-refractivity contribution in [3.8, 4) is 0 Å². The van der Waals surface area contributed by atoms with E-state index in [0.29, 0.717) is 6.42 Å². The van der Waals surface area contributed by atoms with Gasteiger partial charge in [0.05, 0.1) is 12.2 Å². The number of aliphatic hydroxyl groups excluding tert-OH is 2. The predicted octanol–water partition coefficient (Wildman–Crippen LogP) is 0.438. The van der Waals surface area contributed by atoms with Gasteiger partial charge in [-0.05, 0) is 25.5 Å². The van der Waals surface area contributed by atoms with Gasteiger partial charge in [-0.2, -0.15) is 12.6 Å². The fourth-order valence-corrected chi connectivity index (χ4v) is 0.724. The van der Waals surface area contributed by atoms with Crippen molar-refractivity contribution in [2.24, 2.45) is 0 Å². The minimum absolute atomic E-state index is 0.572. The summed E-state index contributed by atoms with van der Waals surface area (Å²) in [5.41, 5.74) is 0. The number of rotatable bonds is 4. The monoisotopic (exact) mass is 150 g/mol. The number of hydrogen-bond donors (Lipinski definition) is 3. The first kappa shape index (κ1) is 9.27. The molecule has 0 aliphatic carbocycles. The largest absolute Gasteiger partial charge is 0.391 e. The van der Waals surface area contributed by atoms with E-state index in [1.165, 1.54) is 0 Å². The van der Waals surface area contributed by atoms with Gasteiger partial charge in [0.25, 0.3) is 0 Å². The maximum absolute atomic E-state index is 8.97. The minimum atomic E-state index is -0.607. The van der Waals surface area contributed by atoms with Crippen LogP contribution in [0.25, 0.3) is 0 Å². The highest BCUT2D eigenvalue weighted by molar-refractivity contribution is 7.80. The van der Waals surface area contributed by atoms with Gasteiger partial charge in [-0.3, -0.25) is 0 Å². The molecule has 0 saturated carbocycles. The molecule has 0 aliphatic heterocycles. The molecule has 3 heteroatoms. The Morgan fingerprint density at radius 3 is 2.33 bits per heavy atom. The SMILES string of the molecule is CC(O)C(O)CCCS. The Kier molecular flexibility index (Phi) is 5.24. The molecule has 0 aromatic heterocycles. The third-order valence-electron chi connectivity index (χ3n) is 1.21. The lowest BCUT2D eigenvalue weighted by atomic mass is 10.1. The van der Waals surface area contributed by atoms with Gasteiger partial charge in [0.15, 0.2) is 0 Å². The lowest BCUT2D eigenvalue weighted by Crippen LogP contribution is -2.22. The summed E-state index contributed by atoms with van der Waals surface area (Å²) < 4.78 is 0. The van der Waals surface area contributed by atoms with E-state index in [0.717, 1.165) is 12.2 Å². The maximum Gasteiger partial charge on any atom is 0.0796 e. The van der Waals surface area contributed by atoms with E-state index in [9.17, 15) is 0 Å². The Morgan fingerprint density at radius 1 is 1.44 bits per heavy atom. The van der Waals surface area contributed by atoms with Crippen LogP contribution in [-0.2, 0) is 0 Å². The van der Waals surface area contributed by atoms with Crippen molar-refractivity contribution in [2.45, 2.75) is 32.0 Å². The highest BCUT2D eigenvalue weighted by Gasteiger charge is 2.08. The zero-order valence-electron chi connectivity index (χ0n) is 5.62. The van der Waals surface area contributed by atoms with Crippen LogP contribution in [0.3, 0.4) is 0 Å². The normalized spacial score (nSPS) is 17.3. The summed E-state index contributed by atoms with van der Waals surface area (Å²) in [6.07, 6.45) is 0.318. The molecule has 0 spiro atoms. The van der Waals surface area contributed by atoms with E-state index in [1.807, 2.05) is 0 Å². The van der Waals surface area contributed by atoms with Crippen molar-refractivity contribution < 1.29 is 10.2 Å². The van der Waals surface area contributed by atoms with Crippen LogP contribution in [0, 0.1) is 0 Å². The Morgan fingerprint density at radius 2 is 2.00 bits per heavy atom. The quantitative estimate of drug-likeness (QED) is 0.509. The van der Waals surface area contributed by atoms with E-state index >= 15 is 0 Å². The average molecular weight is 150 g/mol. The summed E-state index contributed by atoms with van der Waals surface area (Å²) >= 11 is 3.97. The first-order valence-electron chi connectivity index (χ1n) is 3.15. The molecule has 0 aliphatic rings. The van der Waals surface area contributed by atoms with Crippen LogP contribution in [-0.4, -0.2) is 28.2 Å². The Labute approximate surface area is 61.3 Å². The molecule has 0 rings (SSSR count). The van der Waals surface area contributed by atoms with Gasteiger partial charge in [-0.25, -0.2) is 0 Å². The first-order chi connectivity index (χ1) is 4.18. The Hall–Kier alpha value is 0.270. The zero-order valence-corrected chi connectivity index (χ0v) is 6.51. The molecule has 0 aromatic rings. The second kappa shape index (κ2) is 5.09. The average Bonchev–Trinajstić information content (AvgIpc) is 1.82. The van der Waals surface area contributed by atoms with Crippen molar-refractivity contribution >= 4 is 12.6 Å². The summed E-state index contributed by atoms with van der Waals surface area (Å²) in [5, 5.41) is 17.7. The van der Waals surface area contributed by atoms with E-state index in [4.69, 9.17) is 10.2 Å². The second-order valence-electron chi connectivity index (χ2n) is 2.17. The molecule has 0 saturated heterocycles. The highest BCUT2D eigenvalue weighted by Crippen LogP contribution is 2.01. The molecule has 0 bridgehead atoms. The molecular weight excluding hydrogens is 136 g/mol. The van der Waals surface area contributed by atoms with Gasteiger partial charge in [0.2, 0.25) is 0 Å². The molecule has 0 radical (unpaired) electrons. The molecule has 0 fully saturated rings. The fraction of sp³-hybridized carbons (Fsp3) is 1.00. The molecule has 9 heavy (non-hydrogen) atoms. The molecule has 2 unspecified atom stereocenters. The van der Waals surface area contributed by atoms with E-state index in [2.05, 4.69) is 12.6 Å². The third-order valence-corrected chi connectivity index (χ3v) is 1.53. The van der Waals surface area contributed by atoms with Crippen LogP contribution >= 0.6 is 12.6 Å². The molecule has 2 atom stereocenters. The summed E-state index contributed by atoms with van der Waals surface area (Å²) in [7, 11) is 0. The number of thiol groups is 1. The Balaban J connectivity index is 3.16. The van der Waals surface area contributed by atoms with Gasteiger partial charge in [-0.1, -0.05) is 0 Å². The van der Waals surface area contributed by atoms with Crippen LogP contribution in [0.5, 0.6) is 0 Å². The number of aliphatic hydroxyl groups is 2. The molecule has 0 amide bonds. The standard InChI is InChI=1S/C6H14O2S/c1-5(7)6(8)3-2-4-9/h5-9H,2-4H2,1H3. The molecule has 0 aromatic carbocycles. The fourth-order valence-electron chi connectivity index (χ4n) is 0.542. The van der Waals surface area contributed by atoms with Crippen LogP contribution in [0.4, 0.5) is 0 Å². The molecule has 2 nitrogen and oxygen atoms in total. The highest BCUT2D eigenvalue weighted by atomic mass is 32.1. The number of hydrogen-bond acceptors (Lipinski definition) is 3. The summed E-state index contributed by atoms with van der Waals surface area (Å²) in [6, 6.07) is 0. The first-order valence-corrected chi connectivity index (χ1v) is 3.78. The third kappa shape index (κ3) is 4.75. The van der Waals surface area contributed by atoms with Crippen molar-refractivity contribution in [2.75, 3.05) is 5.75 Å². The van der Waals surface area contributed by atoms with Crippen molar-refractivity contribution in [1.82, 2.24) is 0 Å². The smallest absolute Gasteiger partial charge is 0.0796 e. The maximum atomic E-state index is 8.97. The van der Waals surface area contributed by atoms with E-state index < -0.39 is 12.2 Å². The minimum Gasteiger partial charge on any atom is -0.391 e. The van der Waals surface area contributed by atoms with Gasteiger partial charge in [-0.15, -0.1) is 0 Å². The van der Waals surface area contributed by atoms with Crippen LogP contribution in [0.1, 0.15) is 19.8 Å².